The van der Waals surface area contributed by atoms with Crippen LogP contribution in [0.25, 0.3) is 11.0 Å². The number of ketones is 1. The molecule has 0 bridgehead atoms. The molecular formula is C23H20N4O3. The van der Waals surface area contributed by atoms with Crippen LogP contribution in [0.4, 0.5) is 0 Å². The minimum atomic E-state index is -0.554. The highest BCUT2D eigenvalue weighted by atomic mass is 16.2. The van der Waals surface area contributed by atoms with Crippen molar-refractivity contribution < 1.29 is 4.79 Å². The SMILES string of the molecule is Cc1ccc(C(=O)Cn2c(=O)n(Cc3cccnc3)c(=O)c3ncccc32)cc1C. The Balaban J connectivity index is 1.84. The average Bonchev–Trinajstić information content (AvgIpc) is 2.76. The number of pyridine rings is 2. The molecule has 0 amide bonds. The Labute approximate surface area is 172 Å². The zero-order chi connectivity index (χ0) is 21.3. The molecule has 0 radical (unpaired) electrons. The number of hydrogen-bond donors (Lipinski definition) is 0. The van der Waals surface area contributed by atoms with Gasteiger partial charge in [-0.05, 0) is 54.8 Å². The molecule has 3 heterocycles. The van der Waals surface area contributed by atoms with Gasteiger partial charge in [-0.15, -0.1) is 0 Å². The molecule has 0 saturated heterocycles. The zero-order valence-electron chi connectivity index (χ0n) is 16.7. The van der Waals surface area contributed by atoms with E-state index < -0.39 is 11.2 Å². The van der Waals surface area contributed by atoms with E-state index in [9.17, 15) is 14.4 Å². The summed E-state index contributed by atoms with van der Waals surface area (Å²) in [5.74, 6) is -0.211. The van der Waals surface area contributed by atoms with Crippen molar-refractivity contribution in [3.63, 3.8) is 0 Å². The third kappa shape index (κ3) is 3.57. The number of fused-ring (bicyclic) bond motifs is 1. The topological polar surface area (TPSA) is 86.9 Å². The lowest BCUT2D eigenvalue weighted by molar-refractivity contribution is 0.0971. The first-order chi connectivity index (χ1) is 14.5. The van der Waals surface area contributed by atoms with Crippen molar-refractivity contribution in [2.75, 3.05) is 0 Å². The van der Waals surface area contributed by atoms with Crippen LogP contribution in [0, 0.1) is 13.8 Å². The molecule has 7 nitrogen and oxygen atoms in total. The van der Waals surface area contributed by atoms with Crippen LogP contribution in [0.5, 0.6) is 0 Å². The van der Waals surface area contributed by atoms with E-state index in [0.717, 1.165) is 15.7 Å². The number of aryl methyl sites for hydroxylation is 2. The predicted molar refractivity (Wildman–Crippen MR) is 114 cm³/mol. The summed E-state index contributed by atoms with van der Waals surface area (Å²) in [5.41, 5.74) is 2.76. The van der Waals surface area contributed by atoms with Crippen molar-refractivity contribution >= 4 is 16.8 Å². The van der Waals surface area contributed by atoms with Crippen LogP contribution in [-0.2, 0) is 13.1 Å². The molecule has 0 aliphatic heterocycles. The molecule has 0 saturated carbocycles. The number of benzene rings is 1. The second-order valence-electron chi connectivity index (χ2n) is 7.21. The maximum atomic E-state index is 13.2. The third-order valence-electron chi connectivity index (χ3n) is 5.18. The van der Waals surface area contributed by atoms with Gasteiger partial charge in [0.05, 0.1) is 18.6 Å². The first-order valence-corrected chi connectivity index (χ1v) is 9.53. The van der Waals surface area contributed by atoms with E-state index in [2.05, 4.69) is 9.97 Å². The molecule has 0 fully saturated rings. The van der Waals surface area contributed by atoms with Crippen LogP contribution in [0.3, 0.4) is 0 Å². The van der Waals surface area contributed by atoms with Gasteiger partial charge in [-0.25, -0.2) is 9.78 Å². The first kappa shape index (κ1) is 19.4. The van der Waals surface area contributed by atoms with Gasteiger partial charge in [-0.2, -0.15) is 0 Å². The van der Waals surface area contributed by atoms with Crippen molar-refractivity contribution in [1.29, 1.82) is 0 Å². The quantitative estimate of drug-likeness (QED) is 0.481. The molecule has 4 rings (SSSR count). The molecule has 3 aromatic heterocycles. The number of carbonyl (C=O) groups is 1. The Kier molecular flexibility index (Phi) is 5.10. The summed E-state index contributed by atoms with van der Waals surface area (Å²) in [7, 11) is 0. The van der Waals surface area contributed by atoms with Gasteiger partial charge >= 0.3 is 5.69 Å². The fourth-order valence-electron chi connectivity index (χ4n) is 3.36. The highest BCUT2D eigenvalue weighted by Gasteiger charge is 2.17. The Bertz CT molecular complexity index is 1370. The maximum Gasteiger partial charge on any atom is 0.332 e. The molecule has 0 atom stereocenters. The van der Waals surface area contributed by atoms with Crippen molar-refractivity contribution in [3.05, 3.63) is 104 Å². The molecule has 0 aliphatic carbocycles. The van der Waals surface area contributed by atoms with Crippen molar-refractivity contribution in [3.8, 4) is 0 Å². The number of rotatable bonds is 5. The third-order valence-corrected chi connectivity index (χ3v) is 5.18. The molecule has 30 heavy (non-hydrogen) atoms. The number of hydrogen-bond acceptors (Lipinski definition) is 5. The van der Waals surface area contributed by atoms with Crippen LogP contribution in [0.1, 0.15) is 27.0 Å². The number of Topliss-reactive ketones (excluding diaryl/α,β-unsaturated/α-hetero) is 1. The Morgan fingerprint density at radius 3 is 2.50 bits per heavy atom. The number of carbonyl (C=O) groups excluding carboxylic acids is 1. The van der Waals surface area contributed by atoms with Gasteiger partial charge in [-0.3, -0.25) is 23.7 Å². The smallest absolute Gasteiger partial charge is 0.292 e. The Morgan fingerprint density at radius 2 is 1.77 bits per heavy atom. The summed E-state index contributed by atoms with van der Waals surface area (Å²) in [4.78, 5) is 47.3. The summed E-state index contributed by atoms with van der Waals surface area (Å²) in [6.45, 7) is 3.78. The molecule has 7 heteroatoms. The molecule has 0 N–H and O–H groups in total. The van der Waals surface area contributed by atoms with E-state index in [0.29, 0.717) is 16.6 Å². The van der Waals surface area contributed by atoms with Crippen molar-refractivity contribution in [1.82, 2.24) is 19.1 Å². The van der Waals surface area contributed by atoms with Crippen molar-refractivity contribution in [2.24, 2.45) is 0 Å². The average molecular weight is 400 g/mol. The van der Waals surface area contributed by atoms with Crippen LogP contribution in [-0.4, -0.2) is 24.9 Å². The van der Waals surface area contributed by atoms with Gasteiger partial charge < -0.3 is 0 Å². The first-order valence-electron chi connectivity index (χ1n) is 9.53. The van der Waals surface area contributed by atoms with E-state index in [1.165, 1.54) is 10.8 Å². The Morgan fingerprint density at radius 1 is 0.967 bits per heavy atom. The zero-order valence-corrected chi connectivity index (χ0v) is 16.7. The normalized spacial score (nSPS) is 11.0. The molecule has 4 aromatic rings. The molecule has 0 aliphatic rings. The monoisotopic (exact) mass is 400 g/mol. The summed E-state index contributed by atoms with van der Waals surface area (Å²) in [6.07, 6.45) is 4.71. The highest BCUT2D eigenvalue weighted by Crippen LogP contribution is 2.12. The van der Waals surface area contributed by atoms with E-state index in [1.54, 1.807) is 42.7 Å². The van der Waals surface area contributed by atoms with Crippen LogP contribution in [0.15, 0.2) is 70.6 Å². The van der Waals surface area contributed by atoms with Crippen molar-refractivity contribution in [2.45, 2.75) is 26.9 Å². The standard InChI is InChI=1S/C23H20N4O3/c1-15-7-8-18(11-16(15)2)20(28)14-26-19-6-4-10-25-21(19)22(29)27(23(26)30)13-17-5-3-9-24-12-17/h3-12H,13-14H2,1-2H3. The van der Waals surface area contributed by atoms with Crippen LogP contribution >= 0.6 is 0 Å². The molecule has 0 spiro atoms. The lowest BCUT2D eigenvalue weighted by Gasteiger charge is -2.13. The highest BCUT2D eigenvalue weighted by molar-refractivity contribution is 5.96. The minimum absolute atomic E-state index is 0.0514. The lowest BCUT2D eigenvalue weighted by Crippen LogP contribution is -2.41. The number of aromatic nitrogens is 4. The maximum absolute atomic E-state index is 13.2. The summed E-state index contributed by atoms with van der Waals surface area (Å²) < 4.78 is 2.41. The van der Waals surface area contributed by atoms with E-state index in [4.69, 9.17) is 0 Å². The van der Waals surface area contributed by atoms with E-state index in [-0.39, 0.29) is 24.4 Å². The van der Waals surface area contributed by atoms with Gasteiger partial charge in [0.25, 0.3) is 5.56 Å². The fraction of sp³-hybridized carbons (Fsp3) is 0.174. The Hall–Kier alpha value is -3.87. The van der Waals surface area contributed by atoms with E-state index >= 15 is 0 Å². The molecule has 0 unspecified atom stereocenters. The molecule has 1 aromatic carbocycles. The van der Waals surface area contributed by atoms with Gasteiger partial charge in [0.1, 0.15) is 0 Å². The lowest BCUT2D eigenvalue weighted by atomic mass is 10.0. The summed E-state index contributed by atoms with van der Waals surface area (Å²) in [6, 6.07) is 12.2. The largest absolute Gasteiger partial charge is 0.332 e. The predicted octanol–water partition coefficient (Wildman–Crippen LogP) is 2.50. The summed E-state index contributed by atoms with van der Waals surface area (Å²) >= 11 is 0. The minimum Gasteiger partial charge on any atom is -0.292 e. The van der Waals surface area contributed by atoms with E-state index in [1.807, 2.05) is 26.0 Å². The van der Waals surface area contributed by atoms with Gasteiger partial charge in [0.15, 0.2) is 11.3 Å². The second kappa shape index (κ2) is 7.87. The fourth-order valence-corrected chi connectivity index (χ4v) is 3.36. The molecule has 150 valence electrons. The van der Waals surface area contributed by atoms with Crippen LogP contribution in [0.2, 0.25) is 0 Å². The van der Waals surface area contributed by atoms with Gasteiger partial charge in [-0.1, -0.05) is 18.2 Å². The number of nitrogens with zero attached hydrogens (tertiary/aromatic N) is 4. The summed E-state index contributed by atoms with van der Waals surface area (Å²) in [5, 5.41) is 0. The van der Waals surface area contributed by atoms with Gasteiger partial charge in [0, 0.05) is 24.2 Å². The second-order valence-corrected chi connectivity index (χ2v) is 7.21. The molecular weight excluding hydrogens is 380 g/mol. The van der Waals surface area contributed by atoms with Crippen LogP contribution < -0.4 is 11.2 Å². The van der Waals surface area contributed by atoms with Gasteiger partial charge in [0.2, 0.25) is 0 Å².